The second-order valence-electron chi connectivity index (χ2n) is 1.54. The van der Waals surface area contributed by atoms with E-state index in [2.05, 4.69) is 13.8 Å². The van der Waals surface area contributed by atoms with Crippen LogP contribution < -0.4 is 5.73 Å². The Labute approximate surface area is 119 Å². The Hall–Kier alpha value is -1.23. The van der Waals surface area contributed by atoms with E-state index in [9.17, 15) is 0 Å². The van der Waals surface area contributed by atoms with E-state index >= 15 is 0 Å². The van der Waals surface area contributed by atoms with Gasteiger partial charge in [0, 0.05) is 6.92 Å². The van der Waals surface area contributed by atoms with E-state index in [1.54, 1.807) is 19.9 Å². The molecule has 0 heterocycles. The topological polar surface area (TPSA) is 118 Å². The van der Waals surface area contributed by atoms with Gasteiger partial charge in [-0.25, -0.2) is 17.7 Å². The number of hydrogen-bond acceptors (Lipinski definition) is 3. The van der Waals surface area contributed by atoms with Crippen LogP contribution in [0.4, 0.5) is 0 Å². The van der Waals surface area contributed by atoms with E-state index in [0.717, 1.165) is 18.9 Å². The van der Waals surface area contributed by atoms with E-state index in [0.29, 0.717) is 6.54 Å². The zero-order chi connectivity index (χ0) is 14.2. The molecule has 1 radical (unpaired) electrons. The maximum absolute atomic E-state index is 7.44. The Balaban J connectivity index is -0.0000000221. The summed E-state index contributed by atoms with van der Waals surface area (Å²) in [7, 11) is 0. The predicted molar refractivity (Wildman–Crippen MR) is 71.5 cm³/mol. The molecule has 6 heteroatoms. The molecule has 0 aliphatic heterocycles. The summed E-state index contributed by atoms with van der Waals surface area (Å²) in [4.78, 5) is 0. The molecule has 0 amide bonds. The molecule has 0 fully saturated rings. The molecule has 97 valence electrons. The summed E-state index contributed by atoms with van der Waals surface area (Å²) >= 11 is 0. The summed E-state index contributed by atoms with van der Waals surface area (Å²) < 4.78 is 0. The quantitative estimate of drug-likeness (QED) is 0.453. The van der Waals surface area contributed by atoms with E-state index in [4.69, 9.17) is 27.1 Å². The van der Waals surface area contributed by atoms with Crippen molar-refractivity contribution in [1.29, 1.82) is 10.5 Å². The van der Waals surface area contributed by atoms with Gasteiger partial charge in [-0.05, 0) is 6.54 Å². The van der Waals surface area contributed by atoms with Crippen LogP contribution in [0.1, 0.15) is 27.2 Å². The summed E-state index contributed by atoms with van der Waals surface area (Å²) in [6.45, 7) is 11.5. The Kier molecular flexibility index (Phi) is 261. The Morgan fingerprint density at radius 3 is 1.29 bits per heavy atom. The van der Waals surface area contributed by atoms with Gasteiger partial charge in [0.15, 0.2) is 0 Å². The summed E-state index contributed by atoms with van der Waals surface area (Å²) in [5.74, 6) is 0. The smallest absolute Gasteiger partial charge is 0.814 e. The van der Waals surface area contributed by atoms with Crippen LogP contribution in [0.3, 0.4) is 0 Å². The van der Waals surface area contributed by atoms with Crippen LogP contribution >= 0.6 is 0 Å². The molecule has 0 spiro atoms. The van der Waals surface area contributed by atoms with Crippen molar-refractivity contribution in [3.8, 4) is 12.1 Å². The molecular weight excluding hydrogens is 303 g/mol. The first kappa shape index (κ1) is 36.0. The van der Waals surface area contributed by atoms with Crippen LogP contribution in [0.5, 0.6) is 0 Å². The fraction of sp³-hybridized carbons (Fsp3) is 0.455. The summed E-state index contributed by atoms with van der Waals surface area (Å²) in [5, 5.41) is 29.4. The number of nitrogens with zero attached hydrogens (tertiary/aromatic N) is 4. The molecule has 0 atom stereocenters. The zero-order valence-electron chi connectivity index (χ0n) is 10.7. The fourth-order valence-corrected chi connectivity index (χ4v) is 0. The first-order valence-electron chi connectivity index (χ1n) is 4.38. The van der Waals surface area contributed by atoms with Crippen molar-refractivity contribution in [3.05, 3.63) is 24.7 Å². The maximum Gasteiger partial charge on any atom is 5.00 e. The molecule has 0 aromatic carbocycles. The van der Waals surface area contributed by atoms with Crippen molar-refractivity contribution in [3.63, 3.8) is 0 Å². The second-order valence-corrected chi connectivity index (χ2v) is 1.54. The Bertz CT molecular complexity index is 150. The molecular formula is C11H21N5Ru+. The summed E-state index contributed by atoms with van der Waals surface area (Å²) in [6, 6.07) is 3.25. The molecule has 0 rings (SSSR count). The van der Waals surface area contributed by atoms with Gasteiger partial charge in [0.25, 0.3) is 0 Å². The van der Waals surface area contributed by atoms with Gasteiger partial charge < -0.3 is 30.4 Å². The first-order valence-corrected chi connectivity index (χ1v) is 4.38. The van der Waals surface area contributed by atoms with Crippen molar-refractivity contribution < 1.29 is 19.5 Å². The third kappa shape index (κ3) is 46900. The van der Waals surface area contributed by atoms with Crippen LogP contribution in [0.2, 0.25) is 0 Å². The normalized spacial score (nSPS) is 4.18. The van der Waals surface area contributed by atoms with Crippen molar-refractivity contribution in [1.82, 2.24) is 0 Å². The van der Waals surface area contributed by atoms with Gasteiger partial charge in [0.2, 0.25) is 0 Å². The van der Waals surface area contributed by atoms with E-state index < -0.39 is 0 Å². The minimum atomic E-state index is 0. The Morgan fingerprint density at radius 1 is 1.24 bits per heavy atom. The monoisotopic (exact) mass is 325 g/mol. The largest absolute Gasteiger partial charge is 5.00 e. The van der Waals surface area contributed by atoms with Crippen LogP contribution in [0.15, 0.2) is 0 Å². The average Bonchev–Trinajstić information content (AvgIpc) is 2.22. The molecule has 0 aliphatic carbocycles. The molecule has 0 unspecified atom stereocenters. The van der Waals surface area contributed by atoms with Gasteiger partial charge in [-0.2, -0.15) is 11.7 Å². The third-order valence-electron chi connectivity index (χ3n) is 0.204. The molecule has 5 nitrogen and oxygen atoms in total. The number of nitriles is 2. The van der Waals surface area contributed by atoms with Crippen LogP contribution in [-0.4, -0.2) is 19.0 Å². The fourth-order valence-electron chi connectivity index (χ4n) is 0. The minimum Gasteiger partial charge on any atom is -0.814 e. The maximum atomic E-state index is 7.44. The van der Waals surface area contributed by atoms with Crippen molar-refractivity contribution in [2.45, 2.75) is 27.2 Å². The van der Waals surface area contributed by atoms with E-state index in [-0.39, 0.29) is 19.5 Å². The molecule has 2 N–H and O–H groups in total. The third-order valence-corrected chi connectivity index (χ3v) is 0.204. The minimum absolute atomic E-state index is 0. The molecule has 0 aromatic rings. The van der Waals surface area contributed by atoms with Crippen LogP contribution in [0, 0.1) is 36.5 Å². The molecule has 0 aliphatic rings. The number of hydrogen-bond donors (Lipinski definition) is 1. The predicted octanol–water partition coefficient (Wildman–Crippen LogP) is 2.33. The molecule has 0 saturated carbocycles. The molecule has 17 heavy (non-hydrogen) atoms. The van der Waals surface area contributed by atoms with E-state index in [1.165, 1.54) is 13.0 Å². The van der Waals surface area contributed by atoms with Crippen molar-refractivity contribution >= 4 is 12.4 Å². The van der Waals surface area contributed by atoms with Crippen molar-refractivity contribution in [2.75, 3.05) is 6.54 Å². The van der Waals surface area contributed by atoms with Crippen molar-refractivity contribution in [2.24, 2.45) is 5.73 Å². The van der Waals surface area contributed by atoms with Gasteiger partial charge in [-0.1, -0.05) is 13.8 Å². The van der Waals surface area contributed by atoms with Gasteiger partial charge in [0.05, 0.1) is 6.07 Å². The zero-order valence-corrected chi connectivity index (χ0v) is 12.4. The SMILES string of the molecule is CC#N.CC=[N-].CC=[N-].[CH2-]C#N.[CH2-]CCN.[Ru+5]. The summed E-state index contributed by atoms with van der Waals surface area (Å²) in [6.07, 6.45) is 2.85. The Morgan fingerprint density at radius 2 is 1.29 bits per heavy atom. The van der Waals surface area contributed by atoms with Gasteiger partial charge >= 0.3 is 19.5 Å². The van der Waals surface area contributed by atoms with Crippen LogP contribution in [-0.2, 0) is 19.5 Å². The number of nitrogens with two attached hydrogens (primary N) is 1. The second kappa shape index (κ2) is 123. The van der Waals surface area contributed by atoms with Gasteiger partial charge in [-0.3, -0.25) is 0 Å². The number of rotatable bonds is 1. The molecule has 0 aromatic heterocycles. The van der Waals surface area contributed by atoms with Crippen LogP contribution in [0.25, 0.3) is 10.8 Å². The molecule has 0 bridgehead atoms. The molecule has 0 saturated heterocycles. The standard InChI is InChI=1S/C3H8N.2C2H4N.C2H3N.C2H2N.Ru/c1-2-3-4;4*1-2-3;/h1-4H2;2*2H,1H3;1H3;1H2;/q3*-1;;-1;+5. The summed E-state index contributed by atoms with van der Waals surface area (Å²) in [5.41, 5.74) is 4.97. The average molecular weight is 324 g/mol. The van der Waals surface area contributed by atoms with Gasteiger partial charge in [0.1, 0.15) is 0 Å². The van der Waals surface area contributed by atoms with E-state index in [1.807, 2.05) is 0 Å². The first-order chi connectivity index (χ1) is 7.57. The van der Waals surface area contributed by atoms with Gasteiger partial charge in [-0.15, -0.1) is 6.07 Å².